The normalized spacial score (nSPS) is 12.7. The predicted octanol–water partition coefficient (Wildman–Crippen LogP) is 4.32. The fourth-order valence-corrected chi connectivity index (χ4v) is 3.18. The van der Waals surface area contributed by atoms with Gasteiger partial charge < -0.3 is 15.0 Å². The van der Waals surface area contributed by atoms with E-state index in [4.69, 9.17) is 4.74 Å². The molecule has 1 N–H and O–H groups in total. The summed E-state index contributed by atoms with van der Waals surface area (Å²) in [5, 5.41) is 2.97. The molecule has 0 saturated carbocycles. The van der Waals surface area contributed by atoms with Crippen LogP contribution in [-0.2, 0) is 16.1 Å². The van der Waals surface area contributed by atoms with E-state index in [-0.39, 0.29) is 24.5 Å². The van der Waals surface area contributed by atoms with E-state index in [0.717, 1.165) is 28.7 Å². The number of carbonyl (C=O) groups excluding carboxylic acids is 2. The van der Waals surface area contributed by atoms with Crippen LogP contribution in [0.1, 0.15) is 49.4 Å². The summed E-state index contributed by atoms with van der Waals surface area (Å²) in [4.78, 5) is 27.4. The summed E-state index contributed by atoms with van der Waals surface area (Å²) in [6, 6.07) is 13.3. The number of ether oxygens (including phenoxy) is 1. The molecular weight excluding hydrogens is 376 g/mol. The number of hydrogen-bond acceptors (Lipinski definition) is 3. The zero-order valence-electron chi connectivity index (χ0n) is 19.0. The summed E-state index contributed by atoms with van der Waals surface area (Å²) in [6.07, 6.45) is 0.834. The molecule has 0 fully saturated rings. The van der Waals surface area contributed by atoms with Gasteiger partial charge in [0.05, 0.1) is 0 Å². The third-order valence-corrected chi connectivity index (χ3v) is 5.20. The van der Waals surface area contributed by atoms with Crippen LogP contribution in [0.15, 0.2) is 42.5 Å². The van der Waals surface area contributed by atoms with Crippen LogP contribution < -0.4 is 10.1 Å². The largest absolute Gasteiger partial charge is 0.484 e. The van der Waals surface area contributed by atoms with Crippen molar-refractivity contribution in [3.8, 4) is 5.75 Å². The standard InChI is InChI=1S/C25H34N2O3/c1-7-20(5)26-25(29)21(6)27(15-22-10-8-17(2)9-11-22)24(28)16-30-23-13-18(3)12-19(4)14-23/h8-14,20-21H,7,15-16H2,1-6H3,(H,26,29)/t20-,21+/m0/s1. The van der Waals surface area contributed by atoms with Crippen molar-refractivity contribution in [2.24, 2.45) is 0 Å². The first-order valence-electron chi connectivity index (χ1n) is 10.6. The minimum Gasteiger partial charge on any atom is -0.484 e. The molecule has 0 bridgehead atoms. The Morgan fingerprint density at radius 3 is 2.13 bits per heavy atom. The highest BCUT2D eigenvalue weighted by atomic mass is 16.5. The van der Waals surface area contributed by atoms with Gasteiger partial charge >= 0.3 is 0 Å². The molecule has 5 nitrogen and oxygen atoms in total. The van der Waals surface area contributed by atoms with Crippen molar-refractivity contribution < 1.29 is 14.3 Å². The van der Waals surface area contributed by atoms with Gasteiger partial charge in [0, 0.05) is 12.6 Å². The molecule has 2 amide bonds. The number of hydrogen-bond donors (Lipinski definition) is 1. The highest BCUT2D eigenvalue weighted by Gasteiger charge is 2.27. The van der Waals surface area contributed by atoms with Crippen molar-refractivity contribution in [2.45, 2.75) is 66.6 Å². The van der Waals surface area contributed by atoms with Gasteiger partial charge in [-0.05, 0) is 69.9 Å². The van der Waals surface area contributed by atoms with Gasteiger partial charge in [-0.1, -0.05) is 42.8 Å². The molecule has 0 aliphatic rings. The van der Waals surface area contributed by atoms with Crippen molar-refractivity contribution in [3.63, 3.8) is 0 Å². The molecule has 2 aromatic rings. The lowest BCUT2D eigenvalue weighted by Crippen LogP contribution is -2.50. The van der Waals surface area contributed by atoms with Gasteiger partial charge in [0.1, 0.15) is 11.8 Å². The summed E-state index contributed by atoms with van der Waals surface area (Å²) < 4.78 is 5.78. The van der Waals surface area contributed by atoms with Crippen molar-refractivity contribution in [1.82, 2.24) is 10.2 Å². The quantitative estimate of drug-likeness (QED) is 0.670. The molecule has 2 aromatic carbocycles. The molecular formula is C25H34N2O3. The molecule has 0 radical (unpaired) electrons. The summed E-state index contributed by atoms with van der Waals surface area (Å²) in [5.41, 5.74) is 4.28. The third-order valence-electron chi connectivity index (χ3n) is 5.20. The van der Waals surface area contributed by atoms with E-state index in [1.54, 1.807) is 11.8 Å². The molecule has 0 saturated heterocycles. The summed E-state index contributed by atoms with van der Waals surface area (Å²) in [5.74, 6) is 0.283. The Morgan fingerprint density at radius 1 is 0.967 bits per heavy atom. The fourth-order valence-electron chi connectivity index (χ4n) is 3.18. The average Bonchev–Trinajstić information content (AvgIpc) is 2.70. The lowest BCUT2D eigenvalue weighted by molar-refractivity contribution is -0.142. The smallest absolute Gasteiger partial charge is 0.261 e. The fraction of sp³-hybridized carbons (Fsp3) is 0.440. The molecule has 0 unspecified atom stereocenters. The second-order valence-corrected chi connectivity index (χ2v) is 8.11. The maximum Gasteiger partial charge on any atom is 0.261 e. The molecule has 5 heteroatoms. The molecule has 0 aliphatic carbocycles. The van der Waals surface area contributed by atoms with Crippen LogP contribution in [0.2, 0.25) is 0 Å². The highest BCUT2D eigenvalue weighted by molar-refractivity contribution is 5.88. The van der Waals surface area contributed by atoms with E-state index in [1.807, 2.05) is 71.0 Å². The Kier molecular flexibility index (Phi) is 8.46. The Morgan fingerprint density at radius 2 is 1.57 bits per heavy atom. The molecule has 162 valence electrons. The minimum absolute atomic E-state index is 0.0581. The molecule has 2 rings (SSSR count). The minimum atomic E-state index is -0.601. The van der Waals surface area contributed by atoms with Crippen LogP contribution in [0.3, 0.4) is 0 Å². The van der Waals surface area contributed by atoms with Crippen LogP contribution in [0.25, 0.3) is 0 Å². The van der Waals surface area contributed by atoms with Gasteiger partial charge in [-0.25, -0.2) is 0 Å². The van der Waals surface area contributed by atoms with Crippen LogP contribution in [0, 0.1) is 20.8 Å². The zero-order chi connectivity index (χ0) is 22.3. The number of aryl methyl sites for hydroxylation is 3. The lowest BCUT2D eigenvalue weighted by atomic mass is 10.1. The van der Waals surface area contributed by atoms with Gasteiger partial charge in [0.15, 0.2) is 6.61 Å². The van der Waals surface area contributed by atoms with Gasteiger partial charge in [0.2, 0.25) is 5.91 Å². The molecule has 0 aromatic heterocycles. The number of rotatable bonds is 9. The zero-order valence-corrected chi connectivity index (χ0v) is 19.0. The molecule has 0 heterocycles. The first-order valence-corrected chi connectivity index (χ1v) is 10.6. The average molecular weight is 411 g/mol. The number of benzene rings is 2. The van der Waals surface area contributed by atoms with E-state index >= 15 is 0 Å². The van der Waals surface area contributed by atoms with Crippen LogP contribution in [0.5, 0.6) is 5.75 Å². The highest BCUT2D eigenvalue weighted by Crippen LogP contribution is 2.17. The Hall–Kier alpha value is -2.82. The monoisotopic (exact) mass is 410 g/mol. The first-order chi connectivity index (χ1) is 14.2. The summed E-state index contributed by atoms with van der Waals surface area (Å²) in [6.45, 7) is 12.0. The number of carbonyl (C=O) groups is 2. The van der Waals surface area contributed by atoms with Crippen molar-refractivity contribution >= 4 is 11.8 Å². The number of nitrogens with zero attached hydrogens (tertiary/aromatic N) is 1. The van der Waals surface area contributed by atoms with E-state index in [0.29, 0.717) is 12.3 Å². The summed E-state index contributed by atoms with van der Waals surface area (Å²) >= 11 is 0. The molecule has 2 atom stereocenters. The van der Waals surface area contributed by atoms with E-state index in [9.17, 15) is 9.59 Å². The van der Waals surface area contributed by atoms with Crippen molar-refractivity contribution in [3.05, 3.63) is 64.7 Å². The molecule has 0 spiro atoms. The topological polar surface area (TPSA) is 58.6 Å². The molecule has 30 heavy (non-hydrogen) atoms. The summed E-state index contributed by atoms with van der Waals surface area (Å²) in [7, 11) is 0. The lowest BCUT2D eigenvalue weighted by Gasteiger charge is -2.29. The Bertz CT molecular complexity index is 841. The number of nitrogens with one attached hydrogen (secondary N) is 1. The van der Waals surface area contributed by atoms with E-state index in [1.165, 1.54) is 0 Å². The Labute approximate surface area is 180 Å². The van der Waals surface area contributed by atoms with Crippen LogP contribution >= 0.6 is 0 Å². The van der Waals surface area contributed by atoms with Crippen molar-refractivity contribution in [1.29, 1.82) is 0 Å². The van der Waals surface area contributed by atoms with Crippen molar-refractivity contribution in [2.75, 3.05) is 6.61 Å². The van der Waals surface area contributed by atoms with E-state index < -0.39 is 6.04 Å². The predicted molar refractivity (Wildman–Crippen MR) is 120 cm³/mol. The SMILES string of the molecule is CC[C@H](C)NC(=O)[C@@H](C)N(Cc1ccc(C)cc1)C(=O)COc1cc(C)cc(C)c1. The molecule has 0 aliphatic heterocycles. The van der Waals surface area contributed by atoms with E-state index in [2.05, 4.69) is 11.4 Å². The van der Waals surface area contributed by atoms with Gasteiger partial charge in [-0.3, -0.25) is 9.59 Å². The second kappa shape index (κ2) is 10.8. The maximum absolute atomic E-state index is 13.1. The Balaban J connectivity index is 2.16. The third kappa shape index (κ3) is 6.90. The number of amides is 2. The van der Waals surface area contributed by atoms with Crippen LogP contribution in [-0.4, -0.2) is 35.4 Å². The van der Waals surface area contributed by atoms with Gasteiger partial charge in [0.25, 0.3) is 5.91 Å². The first kappa shape index (κ1) is 23.5. The van der Waals surface area contributed by atoms with Crippen LogP contribution in [0.4, 0.5) is 0 Å². The maximum atomic E-state index is 13.1. The van der Waals surface area contributed by atoms with Gasteiger partial charge in [-0.15, -0.1) is 0 Å². The second-order valence-electron chi connectivity index (χ2n) is 8.11. The van der Waals surface area contributed by atoms with Gasteiger partial charge in [-0.2, -0.15) is 0 Å².